The van der Waals surface area contributed by atoms with E-state index in [9.17, 15) is 0 Å². The van der Waals surface area contributed by atoms with Gasteiger partial charge in [-0.1, -0.05) is 80.0 Å². The Morgan fingerprint density at radius 2 is 1.81 bits per heavy atom. The highest BCUT2D eigenvalue weighted by atomic mass is 32.1. The molecule has 3 nitrogen and oxygen atoms in total. The third-order valence-electron chi connectivity index (χ3n) is 14.9. The van der Waals surface area contributed by atoms with Crippen LogP contribution in [0.3, 0.4) is 0 Å². The van der Waals surface area contributed by atoms with E-state index < -0.39 is 0 Å². The molecule has 4 aliphatic carbocycles. The van der Waals surface area contributed by atoms with Crippen LogP contribution in [0.25, 0.3) is 0 Å². The topological polar surface area (TPSA) is 30.5 Å². The molecule has 5 rings (SSSR count). The van der Waals surface area contributed by atoms with Crippen molar-refractivity contribution in [1.82, 2.24) is 5.32 Å². The van der Waals surface area contributed by atoms with Crippen LogP contribution in [0.15, 0.2) is 35.6 Å². The first-order valence-electron chi connectivity index (χ1n) is 17.7. The zero-order chi connectivity index (χ0) is 31.8. The number of hydrogen-bond acceptors (Lipinski definition) is 4. The van der Waals surface area contributed by atoms with Crippen molar-refractivity contribution < 1.29 is 9.47 Å². The standard InChI is InChI=1S/C39H65NO2S/c1-13-29-22-34(9,33(29)41-24-36(11,40-12)26(4)5)32-15-14-30-31(39(32,43)27(6)7)16-17-37-20-21-42-38(23-37,28(8)25(2)3)19-18-35(30,37)10/h13,16,20-21,25-28,30,32-33,40,43H,14-15,17-19,22-24H2,1-12H3/b29-13-/t28-,30?,32?,33?,34+,35?,36+,37-,38-,39?/m1/s1. The number of fused-ring (bicyclic) bond motifs is 3. The molecule has 1 N–H and O–H groups in total. The number of nitrogens with one attached hydrogen (secondary N) is 1. The normalized spacial score (nSPS) is 45.3. The Labute approximate surface area is 270 Å². The molecule has 5 unspecified atom stereocenters. The van der Waals surface area contributed by atoms with Crippen molar-refractivity contribution in [1.29, 1.82) is 0 Å². The molecule has 0 radical (unpaired) electrons. The van der Waals surface area contributed by atoms with E-state index in [1.807, 2.05) is 0 Å². The van der Waals surface area contributed by atoms with Crippen molar-refractivity contribution >= 4 is 12.6 Å². The van der Waals surface area contributed by atoms with Crippen molar-refractivity contribution in [2.45, 2.75) is 143 Å². The van der Waals surface area contributed by atoms with Crippen molar-refractivity contribution in [3.8, 4) is 0 Å². The van der Waals surface area contributed by atoms with E-state index in [-0.39, 0.29) is 38.2 Å². The van der Waals surface area contributed by atoms with Crippen LogP contribution in [-0.4, -0.2) is 35.6 Å². The lowest BCUT2D eigenvalue weighted by Gasteiger charge is -2.69. The molecular formula is C39H65NO2S. The molecular weight excluding hydrogens is 547 g/mol. The van der Waals surface area contributed by atoms with Gasteiger partial charge in [-0.15, -0.1) is 0 Å². The monoisotopic (exact) mass is 611 g/mol. The summed E-state index contributed by atoms with van der Waals surface area (Å²) >= 11 is 5.88. The Morgan fingerprint density at radius 3 is 2.40 bits per heavy atom. The van der Waals surface area contributed by atoms with E-state index in [2.05, 4.69) is 113 Å². The first kappa shape index (κ1) is 33.6. The quantitative estimate of drug-likeness (QED) is 0.201. The van der Waals surface area contributed by atoms with E-state index in [0.29, 0.717) is 35.5 Å². The fourth-order valence-corrected chi connectivity index (χ4v) is 11.4. The van der Waals surface area contributed by atoms with Crippen molar-refractivity contribution in [2.75, 3.05) is 13.7 Å². The first-order valence-corrected chi connectivity index (χ1v) is 18.2. The number of rotatable bonds is 9. The van der Waals surface area contributed by atoms with Gasteiger partial charge in [0, 0.05) is 21.1 Å². The van der Waals surface area contributed by atoms with Gasteiger partial charge in [0.2, 0.25) is 0 Å². The van der Waals surface area contributed by atoms with Crippen molar-refractivity contribution in [2.24, 2.45) is 51.8 Å². The molecule has 3 fully saturated rings. The van der Waals surface area contributed by atoms with E-state index in [1.165, 1.54) is 31.3 Å². The molecule has 1 spiro atoms. The Morgan fingerprint density at radius 1 is 1.12 bits per heavy atom. The minimum Gasteiger partial charge on any atom is -0.495 e. The fourth-order valence-electron chi connectivity index (χ4n) is 10.8. The van der Waals surface area contributed by atoms with Crippen LogP contribution in [0.5, 0.6) is 0 Å². The lowest BCUT2D eigenvalue weighted by atomic mass is 9.39. The summed E-state index contributed by atoms with van der Waals surface area (Å²) in [7, 11) is 2.08. The molecule has 1 aliphatic heterocycles. The van der Waals surface area contributed by atoms with Gasteiger partial charge in [0.25, 0.3) is 0 Å². The minimum atomic E-state index is -0.137. The van der Waals surface area contributed by atoms with Gasteiger partial charge in [-0.3, -0.25) is 0 Å². The van der Waals surface area contributed by atoms with Gasteiger partial charge in [-0.2, -0.15) is 12.6 Å². The zero-order valence-corrected chi connectivity index (χ0v) is 30.7. The summed E-state index contributed by atoms with van der Waals surface area (Å²) in [6.07, 6.45) is 18.1. The average Bonchev–Trinajstić information content (AvgIpc) is 2.96. The molecule has 0 aromatic heterocycles. The summed E-state index contributed by atoms with van der Waals surface area (Å²) in [4.78, 5) is 0. The number of ether oxygens (including phenoxy) is 2. The summed E-state index contributed by atoms with van der Waals surface area (Å²) in [6.45, 7) is 27.1. The Kier molecular flexibility index (Phi) is 8.78. The highest BCUT2D eigenvalue weighted by Crippen LogP contribution is 2.73. The van der Waals surface area contributed by atoms with E-state index >= 15 is 0 Å². The molecule has 5 aliphatic rings. The van der Waals surface area contributed by atoms with E-state index in [4.69, 9.17) is 22.1 Å². The second kappa shape index (κ2) is 11.2. The molecule has 10 atom stereocenters. The maximum absolute atomic E-state index is 6.98. The van der Waals surface area contributed by atoms with Crippen molar-refractivity contribution in [3.05, 3.63) is 35.6 Å². The Balaban J connectivity index is 1.50. The number of hydrogen-bond donors (Lipinski definition) is 2. The maximum Gasteiger partial charge on any atom is 0.112 e. The van der Waals surface area contributed by atoms with Crippen LogP contribution in [0.4, 0.5) is 0 Å². The van der Waals surface area contributed by atoms with Crippen LogP contribution in [0, 0.1) is 51.8 Å². The molecule has 0 aromatic rings. The fraction of sp³-hybridized carbons (Fsp3) is 0.846. The van der Waals surface area contributed by atoms with Gasteiger partial charge in [0.15, 0.2) is 0 Å². The molecule has 1 heterocycles. The highest BCUT2D eigenvalue weighted by molar-refractivity contribution is 7.82. The van der Waals surface area contributed by atoms with Crippen LogP contribution in [0.1, 0.15) is 121 Å². The van der Waals surface area contributed by atoms with Crippen LogP contribution < -0.4 is 5.32 Å². The van der Waals surface area contributed by atoms with Gasteiger partial charge >= 0.3 is 0 Å². The van der Waals surface area contributed by atoms with Crippen LogP contribution >= 0.6 is 12.6 Å². The SMILES string of the molecule is C/C=C1/C[C@@](C)(C2CCC3C(=CC[C@]45C=CO[C@]([C@H](C)C(C)C)(CCC34C)C5)C2(S)C(C)C)C1OC[C@](C)(NC)C(C)C. The largest absolute Gasteiger partial charge is 0.495 e. The lowest BCUT2D eigenvalue weighted by Crippen LogP contribution is -2.65. The number of likely N-dealkylation sites (N-methyl/N-ethyl adjacent to an activating group) is 1. The molecule has 3 saturated carbocycles. The average molecular weight is 612 g/mol. The van der Waals surface area contributed by atoms with Gasteiger partial charge < -0.3 is 14.8 Å². The second-order valence-electron chi connectivity index (χ2n) is 17.4. The predicted octanol–water partition coefficient (Wildman–Crippen LogP) is 9.79. The summed E-state index contributed by atoms with van der Waals surface area (Å²) in [5, 5.41) is 3.57. The van der Waals surface area contributed by atoms with Crippen LogP contribution in [0.2, 0.25) is 0 Å². The summed E-state index contributed by atoms with van der Waals surface area (Å²) in [6, 6.07) is 0. The third-order valence-corrected chi connectivity index (χ3v) is 16.0. The molecule has 0 saturated heterocycles. The summed E-state index contributed by atoms with van der Waals surface area (Å²) < 4.78 is 13.5. The molecule has 2 bridgehead atoms. The highest BCUT2D eigenvalue weighted by Gasteiger charge is 2.68. The predicted molar refractivity (Wildman–Crippen MR) is 185 cm³/mol. The minimum absolute atomic E-state index is 0.0221. The Bertz CT molecular complexity index is 1160. The zero-order valence-electron chi connectivity index (χ0n) is 29.8. The second-order valence-corrected chi connectivity index (χ2v) is 18.1. The van der Waals surface area contributed by atoms with E-state index in [0.717, 1.165) is 25.9 Å². The van der Waals surface area contributed by atoms with Gasteiger partial charge in [0.1, 0.15) is 5.60 Å². The Hall–Kier alpha value is -0.710. The molecule has 0 amide bonds. The molecule has 43 heavy (non-hydrogen) atoms. The lowest BCUT2D eigenvalue weighted by molar-refractivity contribution is -0.175. The van der Waals surface area contributed by atoms with Crippen LogP contribution in [-0.2, 0) is 9.47 Å². The van der Waals surface area contributed by atoms with E-state index in [1.54, 1.807) is 5.57 Å². The molecule has 0 aromatic carbocycles. The first-order chi connectivity index (χ1) is 20.0. The van der Waals surface area contributed by atoms with Gasteiger partial charge in [0.05, 0.1) is 19.0 Å². The van der Waals surface area contributed by atoms with Gasteiger partial charge in [-0.25, -0.2) is 0 Å². The smallest absolute Gasteiger partial charge is 0.112 e. The summed E-state index contributed by atoms with van der Waals surface area (Å²) in [5.41, 5.74) is 3.57. The van der Waals surface area contributed by atoms with Crippen molar-refractivity contribution in [3.63, 3.8) is 0 Å². The molecule has 244 valence electrons. The molecule has 4 heteroatoms. The van der Waals surface area contributed by atoms with Gasteiger partial charge in [-0.05, 0) is 118 Å². The number of allylic oxidation sites excluding steroid dienone is 3. The maximum atomic E-state index is 6.98. The number of thiol groups is 1. The summed E-state index contributed by atoms with van der Waals surface area (Å²) in [5.74, 6) is 3.17. The third kappa shape index (κ3) is 4.71.